The third-order valence-corrected chi connectivity index (χ3v) is 4.66. The molecule has 0 spiro atoms. The standard InChI is InChI=1S/C11H17BrN2O2S/c1-13(2)17(15,16)11-6-4-10(5-7-11)14(3)9-8-12/h4-7H,8-9H2,1-3H3. The molecule has 0 aromatic heterocycles. The van der Waals surface area contributed by atoms with Crippen molar-refractivity contribution in [3.05, 3.63) is 24.3 Å². The smallest absolute Gasteiger partial charge is 0.242 e. The largest absolute Gasteiger partial charge is 0.374 e. The molecule has 0 bridgehead atoms. The van der Waals surface area contributed by atoms with Gasteiger partial charge in [-0.2, -0.15) is 0 Å². The monoisotopic (exact) mass is 320 g/mol. The summed E-state index contributed by atoms with van der Waals surface area (Å²) < 4.78 is 24.9. The van der Waals surface area contributed by atoms with Crippen molar-refractivity contribution in [2.75, 3.05) is 37.9 Å². The quantitative estimate of drug-likeness (QED) is 0.776. The summed E-state index contributed by atoms with van der Waals surface area (Å²) in [5, 5.41) is 0.876. The number of sulfonamides is 1. The zero-order valence-electron chi connectivity index (χ0n) is 10.2. The number of alkyl halides is 1. The first-order chi connectivity index (χ1) is 7.89. The van der Waals surface area contributed by atoms with E-state index in [1.165, 1.54) is 18.4 Å². The minimum atomic E-state index is -3.33. The van der Waals surface area contributed by atoms with Gasteiger partial charge in [0.15, 0.2) is 0 Å². The molecule has 0 aliphatic rings. The van der Waals surface area contributed by atoms with Crippen LogP contribution in [0.15, 0.2) is 29.2 Å². The van der Waals surface area contributed by atoms with Crippen LogP contribution in [-0.4, -0.2) is 45.7 Å². The van der Waals surface area contributed by atoms with E-state index in [1.807, 2.05) is 19.2 Å². The Labute approximate surface area is 111 Å². The van der Waals surface area contributed by atoms with Crippen LogP contribution in [0.2, 0.25) is 0 Å². The molecule has 0 saturated carbocycles. The van der Waals surface area contributed by atoms with E-state index in [2.05, 4.69) is 20.8 Å². The average molecular weight is 321 g/mol. The summed E-state index contributed by atoms with van der Waals surface area (Å²) in [5.74, 6) is 0. The molecule has 1 aromatic carbocycles. The molecule has 0 N–H and O–H groups in total. The van der Waals surface area contributed by atoms with Crippen LogP contribution in [0.25, 0.3) is 0 Å². The van der Waals surface area contributed by atoms with Crippen molar-refractivity contribution in [1.82, 2.24) is 4.31 Å². The van der Waals surface area contributed by atoms with Gasteiger partial charge in [0.25, 0.3) is 0 Å². The van der Waals surface area contributed by atoms with Gasteiger partial charge < -0.3 is 4.90 Å². The minimum Gasteiger partial charge on any atom is -0.374 e. The Hall–Kier alpha value is -0.590. The Bertz CT molecular complexity index is 457. The van der Waals surface area contributed by atoms with Crippen molar-refractivity contribution in [2.45, 2.75) is 4.90 Å². The van der Waals surface area contributed by atoms with Crippen molar-refractivity contribution in [2.24, 2.45) is 0 Å². The predicted octanol–water partition coefficient (Wildman–Crippen LogP) is 1.77. The lowest BCUT2D eigenvalue weighted by Crippen LogP contribution is -2.22. The van der Waals surface area contributed by atoms with Gasteiger partial charge in [0.05, 0.1) is 4.90 Å². The summed E-state index contributed by atoms with van der Waals surface area (Å²) in [6.07, 6.45) is 0. The van der Waals surface area contributed by atoms with Crippen LogP contribution in [0.1, 0.15) is 0 Å². The van der Waals surface area contributed by atoms with E-state index in [4.69, 9.17) is 0 Å². The van der Waals surface area contributed by atoms with Gasteiger partial charge in [-0.15, -0.1) is 0 Å². The summed E-state index contributed by atoms with van der Waals surface area (Å²) >= 11 is 3.37. The first-order valence-corrected chi connectivity index (χ1v) is 7.75. The topological polar surface area (TPSA) is 40.6 Å². The highest BCUT2D eigenvalue weighted by atomic mass is 79.9. The highest BCUT2D eigenvalue weighted by Crippen LogP contribution is 2.18. The van der Waals surface area contributed by atoms with Crippen LogP contribution in [-0.2, 0) is 10.0 Å². The number of halogens is 1. The highest BCUT2D eigenvalue weighted by molar-refractivity contribution is 9.09. The summed E-state index contributed by atoms with van der Waals surface area (Å²) in [6, 6.07) is 6.91. The lowest BCUT2D eigenvalue weighted by atomic mass is 10.3. The fourth-order valence-corrected chi connectivity index (χ4v) is 2.77. The minimum absolute atomic E-state index is 0.318. The molecule has 0 aliphatic heterocycles. The maximum absolute atomic E-state index is 11.8. The maximum atomic E-state index is 11.8. The van der Waals surface area contributed by atoms with Crippen molar-refractivity contribution < 1.29 is 8.42 Å². The van der Waals surface area contributed by atoms with Gasteiger partial charge in [0.1, 0.15) is 0 Å². The second-order valence-corrected chi connectivity index (χ2v) is 6.84. The number of nitrogens with zero attached hydrogens (tertiary/aromatic N) is 2. The van der Waals surface area contributed by atoms with E-state index >= 15 is 0 Å². The number of anilines is 1. The maximum Gasteiger partial charge on any atom is 0.242 e. The normalized spacial score (nSPS) is 11.8. The molecule has 0 fully saturated rings. The van der Waals surface area contributed by atoms with Crippen LogP contribution in [0.5, 0.6) is 0 Å². The zero-order valence-corrected chi connectivity index (χ0v) is 12.6. The Kier molecular flexibility index (Phi) is 4.97. The van der Waals surface area contributed by atoms with Gasteiger partial charge in [0.2, 0.25) is 10.0 Å². The molecule has 1 rings (SSSR count). The molecular weight excluding hydrogens is 304 g/mol. The SMILES string of the molecule is CN(CCBr)c1ccc(S(=O)(=O)N(C)C)cc1. The Morgan fingerprint density at radius 1 is 1.12 bits per heavy atom. The molecule has 6 heteroatoms. The van der Waals surface area contributed by atoms with Crippen LogP contribution in [0.4, 0.5) is 5.69 Å². The molecule has 0 amide bonds. The fourth-order valence-electron chi connectivity index (χ4n) is 1.34. The molecule has 1 aromatic rings. The molecule has 17 heavy (non-hydrogen) atoms. The van der Waals surface area contributed by atoms with E-state index in [9.17, 15) is 8.42 Å². The van der Waals surface area contributed by atoms with E-state index in [0.717, 1.165) is 17.6 Å². The van der Waals surface area contributed by atoms with Gasteiger partial charge in [-0.1, -0.05) is 15.9 Å². The lowest BCUT2D eigenvalue weighted by molar-refractivity contribution is 0.521. The van der Waals surface area contributed by atoms with E-state index in [1.54, 1.807) is 12.1 Å². The first-order valence-electron chi connectivity index (χ1n) is 5.19. The Morgan fingerprint density at radius 2 is 1.65 bits per heavy atom. The van der Waals surface area contributed by atoms with Crippen LogP contribution < -0.4 is 4.90 Å². The van der Waals surface area contributed by atoms with Gasteiger partial charge in [0, 0.05) is 38.7 Å². The number of hydrogen-bond donors (Lipinski definition) is 0. The Morgan fingerprint density at radius 3 is 2.06 bits per heavy atom. The summed E-state index contributed by atoms with van der Waals surface area (Å²) in [6.45, 7) is 0.875. The van der Waals surface area contributed by atoms with Crippen molar-refractivity contribution >= 4 is 31.6 Å². The van der Waals surface area contributed by atoms with Gasteiger partial charge in [-0.3, -0.25) is 0 Å². The summed E-state index contributed by atoms with van der Waals surface area (Å²) in [5.41, 5.74) is 1.00. The van der Waals surface area contributed by atoms with Crippen molar-refractivity contribution in [1.29, 1.82) is 0 Å². The summed E-state index contributed by atoms with van der Waals surface area (Å²) in [4.78, 5) is 2.37. The molecule has 0 aliphatic carbocycles. The molecule has 0 radical (unpaired) electrons. The third-order valence-electron chi connectivity index (χ3n) is 2.48. The highest BCUT2D eigenvalue weighted by Gasteiger charge is 2.16. The fraction of sp³-hybridized carbons (Fsp3) is 0.455. The molecule has 0 atom stereocenters. The van der Waals surface area contributed by atoms with Crippen molar-refractivity contribution in [3.8, 4) is 0 Å². The van der Waals surface area contributed by atoms with Crippen LogP contribution >= 0.6 is 15.9 Å². The third kappa shape index (κ3) is 3.43. The average Bonchev–Trinajstić information content (AvgIpc) is 2.29. The predicted molar refractivity (Wildman–Crippen MR) is 74.4 cm³/mol. The van der Waals surface area contributed by atoms with Crippen LogP contribution in [0, 0.1) is 0 Å². The van der Waals surface area contributed by atoms with E-state index < -0.39 is 10.0 Å². The van der Waals surface area contributed by atoms with Gasteiger partial charge in [-0.25, -0.2) is 12.7 Å². The van der Waals surface area contributed by atoms with Crippen LogP contribution in [0.3, 0.4) is 0 Å². The number of rotatable bonds is 5. The Balaban J connectivity index is 2.96. The molecular formula is C11H17BrN2O2S. The summed E-state index contributed by atoms with van der Waals surface area (Å²) in [7, 11) is 1.70. The first kappa shape index (κ1) is 14.5. The molecule has 4 nitrogen and oxygen atoms in total. The number of hydrogen-bond acceptors (Lipinski definition) is 3. The molecule has 0 unspecified atom stereocenters. The van der Waals surface area contributed by atoms with Crippen molar-refractivity contribution in [3.63, 3.8) is 0 Å². The molecule has 0 saturated heterocycles. The number of benzene rings is 1. The van der Waals surface area contributed by atoms with Gasteiger partial charge >= 0.3 is 0 Å². The van der Waals surface area contributed by atoms with E-state index in [-0.39, 0.29) is 0 Å². The van der Waals surface area contributed by atoms with Gasteiger partial charge in [-0.05, 0) is 24.3 Å². The van der Waals surface area contributed by atoms with E-state index in [0.29, 0.717) is 4.90 Å². The molecule has 0 heterocycles. The molecule has 96 valence electrons. The lowest BCUT2D eigenvalue weighted by Gasteiger charge is -2.18. The second-order valence-electron chi connectivity index (χ2n) is 3.89. The zero-order chi connectivity index (χ0) is 13.1. The second kappa shape index (κ2) is 5.84.